The molecule has 1 aliphatic heterocycles. The molecule has 0 saturated carbocycles. The molecule has 1 aromatic carbocycles. The molecule has 3 heterocycles. The lowest BCUT2D eigenvalue weighted by Gasteiger charge is -2.24. The number of likely N-dealkylation sites (tertiary alicyclic amines) is 1. The third kappa shape index (κ3) is 4.56. The molecule has 154 valence electrons. The molecule has 6 nitrogen and oxygen atoms in total. The number of rotatable bonds is 6. The highest BCUT2D eigenvalue weighted by Gasteiger charge is 2.30. The summed E-state index contributed by atoms with van der Waals surface area (Å²) in [5.74, 6) is 1.000. The van der Waals surface area contributed by atoms with E-state index in [-0.39, 0.29) is 17.8 Å². The van der Waals surface area contributed by atoms with Crippen molar-refractivity contribution in [2.45, 2.75) is 25.3 Å². The summed E-state index contributed by atoms with van der Waals surface area (Å²) in [6.45, 7) is 0.731. The fraction of sp³-hybridized carbons (Fsp3) is 0.261. The number of ether oxygens (including phenoxy) is 1. The molecule has 2 aromatic heterocycles. The van der Waals surface area contributed by atoms with Crippen LogP contribution in [0.1, 0.15) is 30.1 Å². The van der Waals surface area contributed by atoms with E-state index < -0.39 is 0 Å². The lowest BCUT2D eigenvalue weighted by Crippen LogP contribution is -2.32. The fourth-order valence-corrected chi connectivity index (χ4v) is 3.71. The maximum absolute atomic E-state index is 13.0. The summed E-state index contributed by atoms with van der Waals surface area (Å²) >= 11 is 0. The lowest BCUT2D eigenvalue weighted by molar-refractivity contribution is -0.131. The molecule has 1 atom stereocenters. The third-order valence-corrected chi connectivity index (χ3v) is 5.19. The average Bonchev–Trinajstić information content (AvgIpc) is 3.26. The molecule has 0 spiro atoms. The fourth-order valence-electron chi connectivity index (χ4n) is 3.71. The predicted octanol–water partition coefficient (Wildman–Crippen LogP) is 4.27. The highest BCUT2D eigenvalue weighted by atomic mass is 19.1. The number of hydrogen-bond donors (Lipinski definition) is 1. The van der Waals surface area contributed by atoms with Crippen LogP contribution < -0.4 is 10.1 Å². The summed E-state index contributed by atoms with van der Waals surface area (Å²) in [6.07, 6.45) is 5.06. The summed E-state index contributed by atoms with van der Waals surface area (Å²) in [5.41, 5.74) is 2.55. The molecule has 0 bridgehead atoms. The van der Waals surface area contributed by atoms with Crippen molar-refractivity contribution in [1.29, 1.82) is 0 Å². The molecule has 7 heteroatoms. The number of carbonyl (C=O) groups is 1. The number of pyridine rings is 2. The zero-order valence-corrected chi connectivity index (χ0v) is 16.7. The molecule has 1 saturated heterocycles. The van der Waals surface area contributed by atoms with E-state index in [2.05, 4.69) is 15.3 Å². The zero-order valence-electron chi connectivity index (χ0n) is 16.7. The summed E-state index contributed by atoms with van der Waals surface area (Å²) in [7, 11) is 1.62. The molecule has 3 aromatic rings. The van der Waals surface area contributed by atoms with Gasteiger partial charge in [-0.15, -0.1) is 0 Å². The van der Waals surface area contributed by atoms with Gasteiger partial charge < -0.3 is 15.0 Å². The number of aromatic nitrogens is 2. The Bertz CT molecular complexity index is 1010. The molecule has 0 aliphatic carbocycles. The van der Waals surface area contributed by atoms with Gasteiger partial charge in [-0.25, -0.2) is 9.37 Å². The Labute approximate surface area is 174 Å². The van der Waals surface area contributed by atoms with Gasteiger partial charge in [0.25, 0.3) is 0 Å². The number of anilines is 2. The number of halogens is 1. The summed E-state index contributed by atoms with van der Waals surface area (Å²) in [6, 6.07) is 14.3. The Hall–Kier alpha value is -3.48. The Kier molecular flexibility index (Phi) is 5.88. The second-order valence-corrected chi connectivity index (χ2v) is 7.23. The third-order valence-electron chi connectivity index (χ3n) is 5.19. The Balaban J connectivity index is 1.43. The Morgan fingerprint density at radius 1 is 1.20 bits per heavy atom. The normalized spacial score (nSPS) is 15.8. The monoisotopic (exact) mass is 406 g/mol. The van der Waals surface area contributed by atoms with Crippen LogP contribution in [0.15, 0.2) is 60.9 Å². The van der Waals surface area contributed by atoms with Crippen molar-refractivity contribution < 1.29 is 13.9 Å². The van der Waals surface area contributed by atoms with Crippen LogP contribution >= 0.6 is 0 Å². The summed E-state index contributed by atoms with van der Waals surface area (Å²) < 4.78 is 18.2. The smallest absolute Gasteiger partial charge is 0.227 e. The maximum Gasteiger partial charge on any atom is 0.227 e. The van der Waals surface area contributed by atoms with Crippen molar-refractivity contribution in [3.63, 3.8) is 0 Å². The molecular formula is C23H23FN4O2. The van der Waals surface area contributed by atoms with Gasteiger partial charge in [-0.3, -0.25) is 9.78 Å². The number of amides is 1. The van der Waals surface area contributed by atoms with Gasteiger partial charge in [-0.1, -0.05) is 12.1 Å². The highest BCUT2D eigenvalue weighted by molar-refractivity contribution is 5.79. The van der Waals surface area contributed by atoms with Crippen molar-refractivity contribution >= 4 is 17.4 Å². The molecule has 0 unspecified atom stereocenters. The van der Waals surface area contributed by atoms with Crippen molar-refractivity contribution in [3.05, 3.63) is 78.0 Å². The maximum atomic E-state index is 13.0. The topological polar surface area (TPSA) is 67.3 Å². The minimum Gasteiger partial charge on any atom is -0.497 e. The molecular weight excluding hydrogens is 383 g/mol. The van der Waals surface area contributed by atoms with Crippen LogP contribution in [0.25, 0.3) is 0 Å². The first kappa shape index (κ1) is 19.8. The quantitative estimate of drug-likeness (QED) is 0.662. The lowest BCUT2D eigenvalue weighted by atomic mass is 10.1. The van der Waals surface area contributed by atoms with Crippen LogP contribution in [-0.4, -0.2) is 34.4 Å². The predicted molar refractivity (Wildman–Crippen MR) is 112 cm³/mol. The van der Waals surface area contributed by atoms with Gasteiger partial charge in [0, 0.05) is 6.54 Å². The van der Waals surface area contributed by atoms with Crippen molar-refractivity contribution in [1.82, 2.24) is 14.9 Å². The second-order valence-electron chi connectivity index (χ2n) is 7.23. The first-order valence-electron chi connectivity index (χ1n) is 9.89. The van der Waals surface area contributed by atoms with Gasteiger partial charge in [0.1, 0.15) is 17.4 Å². The summed E-state index contributed by atoms with van der Waals surface area (Å²) in [4.78, 5) is 23.4. The molecule has 1 aliphatic rings. The molecule has 1 amide bonds. The molecule has 1 N–H and O–H groups in total. The first-order chi connectivity index (χ1) is 14.6. The van der Waals surface area contributed by atoms with Crippen LogP contribution in [0.4, 0.5) is 15.9 Å². The van der Waals surface area contributed by atoms with Gasteiger partial charge in [0.2, 0.25) is 5.91 Å². The second kappa shape index (κ2) is 8.90. The van der Waals surface area contributed by atoms with Gasteiger partial charge in [0.15, 0.2) is 0 Å². The van der Waals surface area contributed by atoms with E-state index in [4.69, 9.17) is 4.74 Å². The highest BCUT2D eigenvalue weighted by Crippen LogP contribution is 2.32. The molecule has 4 rings (SSSR count). The number of carbonyl (C=O) groups excluding carboxylic acids is 1. The van der Waals surface area contributed by atoms with Crippen molar-refractivity contribution in [2.24, 2.45) is 0 Å². The number of benzene rings is 1. The van der Waals surface area contributed by atoms with Crippen LogP contribution in [0, 0.1) is 5.82 Å². The van der Waals surface area contributed by atoms with Crippen molar-refractivity contribution in [2.75, 3.05) is 19.0 Å². The standard InChI is InChI=1S/C23H23FN4O2/c1-30-19-5-2-4-16(12-19)13-23(29)28-11-3-6-21(28)20-9-8-18(15-25-20)27-22-10-7-17(24)14-26-22/h2,4-5,7-10,12,14-15,21H,3,6,11,13H2,1H3,(H,26,27)/t21-/m0/s1. The van der Waals surface area contributed by atoms with Crippen molar-refractivity contribution in [3.8, 4) is 5.75 Å². The van der Waals surface area contributed by atoms with Crippen LogP contribution in [-0.2, 0) is 11.2 Å². The number of nitrogens with zero attached hydrogens (tertiary/aromatic N) is 3. The minimum atomic E-state index is -0.381. The van der Waals surface area contributed by atoms with E-state index in [9.17, 15) is 9.18 Å². The van der Waals surface area contributed by atoms with E-state index in [0.29, 0.717) is 12.2 Å². The largest absolute Gasteiger partial charge is 0.497 e. The molecule has 30 heavy (non-hydrogen) atoms. The van der Waals surface area contributed by atoms with E-state index in [1.54, 1.807) is 19.4 Å². The van der Waals surface area contributed by atoms with Gasteiger partial charge in [0.05, 0.1) is 43.3 Å². The molecule has 0 radical (unpaired) electrons. The Morgan fingerprint density at radius 2 is 2.10 bits per heavy atom. The number of methoxy groups -OCH3 is 1. The first-order valence-corrected chi connectivity index (χ1v) is 9.89. The van der Waals surface area contributed by atoms with Gasteiger partial charge in [-0.2, -0.15) is 0 Å². The SMILES string of the molecule is COc1cccc(CC(=O)N2CCC[C@H]2c2ccc(Nc3ccc(F)cn3)cn2)c1. The number of nitrogens with one attached hydrogen (secondary N) is 1. The minimum absolute atomic E-state index is 0.0268. The van der Waals surface area contributed by atoms with E-state index >= 15 is 0 Å². The Morgan fingerprint density at radius 3 is 2.83 bits per heavy atom. The number of hydrogen-bond acceptors (Lipinski definition) is 5. The van der Waals surface area contributed by atoms with E-state index in [1.165, 1.54) is 6.07 Å². The average molecular weight is 406 g/mol. The van der Waals surface area contributed by atoms with Gasteiger partial charge >= 0.3 is 0 Å². The van der Waals surface area contributed by atoms with E-state index in [1.807, 2.05) is 41.3 Å². The van der Waals surface area contributed by atoms with Gasteiger partial charge in [-0.05, 0) is 54.8 Å². The zero-order chi connectivity index (χ0) is 20.9. The molecule has 1 fully saturated rings. The van der Waals surface area contributed by atoms with Crippen LogP contribution in [0.5, 0.6) is 5.75 Å². The van der Waals surface area contributed by atoms with Crippen LogP contribution in [0.3, 0.4) is 0 Å². The van der Waals surface area contributed by atoms with E-state index in [0.717, 1.165) is 48.3 Å². The van der Waals surface area contributed by atoms with Crippen LogP contribution in [0.2, 0.25) is 0 Å². The summed E-state index contributed by atoms with van der Waals surface area (Å²) in [5, 5.41) is 3.09.